The van der Waals surface area contributed by atoms with Crippen molar-refractivity contribution in [3.8, 4) is 0 Å². The maximum atomic E-state index is 11.0. The van der Waals surface area contributed by atoms with E-state index in [1.807, 2.05) is 5.43 Å². The van der Waals surface area contributed by atoms with Crippen LogP contribution in [-0.4, -0.2) is 27.8 Å². The van der Waals surface area contributed by atoms with E-state index in [0.29, 0.717) is 26.9 Å². The Morgan fingerprint density at radius 2 is 1.96 bits per heavy atom. The minimum absolute atomic E-state index is 0.264. The van der Waals surface area contributed by atoms with Crippen molar-refractivity contribution >= 4 is 52.8 Å². The molecule has 0 aliphatic heterocycles. The molecule has 0 saturated heterocycles. The first-order chi connectivity index (χ1) is 11.3. The molecule has 0 aliphatic carbocycles. The van der Waals surface area contributed by atoms with Crippen molar-refractivity contribution in [2.45, 2.75) is 13.5 Å². The third kappa shape index (κ3) is 4.05. The number of primary amides is 1. The summed E-state index contributed by atoms with van der Waals surface area (Å²) in [7, 11) is 0. The van der Waals surface area contributed by atoms with Crippen LogP contribution in [0.2, 0.25) is 15.2 Å². The molecule has 0 fully saturated rings. The maximum Gasteiger partial charge on any atom is 0.329 e. The quantitative estimate of drug-likeness (QED) is 0.476. The third-order valence-electron chi connectivity index (χ3n) is 3.06. The van der Waals surface area contributed by atoms with Gasteiger partial charge in [-0.1, -0.05) is 40.9 Å². The van der Waals surface area contributed by atoms with Crippen LogP contribution in [0.5, 0.6) is 0 Å². The molecule has 24 heavy (non-hydrogen) atoms. The Bertz CT molecular complexity index is 812. The number of amides is 2. The average Bonchev–Trinajstić information content (AvgIpc) is 2.78. The Hall–Kier alpha value is -2.09. The summed E-state index contributed by atoms with van der Waals surface area (Å²) in [6.07, 6.45) is 1.27. The number of aromatic nitrogens is 2. The lowest BCUT2D eigenvalue weighted by Gasteiger charge is -2.08. The zero-order valence-electron chi connectivity index (χ0n) is 12.4. The standard InChI is InChI=1S/C14H12Cl3N5O2/c1-7-8(5-19-20-14(24)13(18)23)12(17)22(21-7)6-9-10(15)3-2-4-11(9)16/h2-5H,6H2,1H3,(H2,18,23)(H,20,24)/b19-5-. The first kappa shape index (κ1) is 18.3. The third-order valence-corrected chi connectivity index (χ3v) is 4.17. The molecule has 0 bridgehead atoms. The first-order valence-electron chi connectivity index (χ1n) is 6.60. The molecule has 0 unspecified atom stereocenters. The van der Waals surface area contributed by atoms with Gasteiger partial charge in [-0.2, -0.15) is 10.2 Å². The van der Waals surface area contributed by atoms with Crippen molar-refractivity contribution in [3.05, 3.63) is 50.2 Å². The predicted molar refractivity (Wildman–Crippen MR) is 92.5 cm³/mol. The van der Waals surface area contributed by atoms with Crippen molar-refractivity contribution in [2.24, 2.45) is 10.8 Å². The van der Waals surface area contributed by atoms with Crippen LogP contribution in [0.15, 0.2) is 23.3 Å². The van der Waals surface area contributed by atoms with Crippen LogP contribution in [0.4, 0.5) is 0 Å². The Morgan fingerprint density at radius 1 is 1.33 bits per heavy atom. The highest BCUT2D eigenvalue weighted by molar-refractivity contribution is 6.36. The molecule has 2 aromatic rings. The van der Waals surface area contributed by atoms with E-state index in [-0.39, 0.29) is 11.7 Å². The zero-order valence-corrected chi connectivity index (χ0v) is 14.7. The molecule has 0 radical (unpaired) electrons. The molecule has 1 aromatic heterocycles. The first-order valence-corrected chi connectivity index (χ1v) is 7.73. The number of hydrazone groups is 1. The van der Waals surface area contributed by atoms with Gasteiger partial charge in [0.1, 0.15) is 5.15 Å². The highest BCUT2D eigenvalue weighted by Gasteiger charge is 2.15. The number of rotatable bonds is 4. The lowest BCUT2D eigenvalue weighted by molar-refractivity contribution is -0.137. The minimum Gasteiger partial charge on any atom is -0.361 e. The largest absolute Gasteiger partial charge is 0.361 e. The number of nitrogens with two attached hydrogens (primary N) is 1. The van der Waals surface area contributed by atoms with Gasteiger partial charge in [0, 0.05) is 15.6 Å². The summed E-state index contributed by atoms with van der Waals surface area (Å²) in [6.45, 7) is 1.98. The number of nitrogens with zero attached hydrogens (tertiary/aromatic N) is 3. The summed E-state index contributed by atoms with van der Waals surface area (Å²) >= 11 is 18.6. The summed E-state index contributed by atoms with van der Waals surface area (Å²) in [5.74, 6) is -2.17. The molecule has 10 heteroatoms. The number of carbonyl (C=O) groups is 2. The summed E-state index contributed by atoms with van der Waals surface area (Å²) < 4.78 is 1.50. The second-order valence-electron chi connectivity index (χ2n) is 4.71. The molecule has 0 spiro atoms. The fraction of sp³-hybridized carbons (Fsp3) is 0.143. The maximum absolute atomic E-state index is 11.0. The van der Waals surface area contributed by atoms with Crippen molar-refractivity contribution in [1.82, 2.24) is 15.2 Å². The van der Waals surface area contributed by atoms with E-state index in [2.05, 4.69) is 10.2 Å². The van der Waals surface area contributed by atoms with E-state index in [9.17, 15) is 9.59 Å². The topological polar surface area (TPSA) is 102 Å². The Morgan fingerprint density at radius 3 is 2.54 bits per heavy atom. The molecule has 1 heterocycles. The highest BCUT2D eigenvalue weighted by Crippen LogP contribution is 2.27. The van der Waals surface area contributed by atoms with E-state index in [0.717, 1.165) is 0 Å². The van der Waals surface area contributed by atoms with Crippen LogP contribution in [0.1, 0.15) is 16.8 Å². The van der Waals surface area contributed by atoms with E-state index in [4.69, 9.17) is 40.5 Å². The molecule has 7 nitrogen and oxygen atoms in total. The molecular weight excluding hydrogens is 377 g/mol. The van der Waals surface area contributed by atoms with Crippen LogP contribution in [0.25, 0.3) is 0 Å². The normalized spacial score (nSPS) is 11.0. The molecular formula is C14H12Cl3N5O2. The Kier molecular flexibility index (Phi) is 5.82. The minimum atomic E-state index is -1.14. The van der Waals surface area contributed by atoms with Crippen LogP contribution in [0, 0.1) is 6.92 Å². The van der Waals surface area contributed by atoms with Crippen molar-refractivity contribution in [1.29, 1.82) is 0 Å². The number of halogens is 3. The van der Waals surface area contributed by atoms with Gasteiger partial charge in [-0.3, -0.25) is 9.59 Å². The van der Waals surface area contributed by atoms with Gasteiger partial charge in [0.2, 0.25) is 0 Å². The molecule has 1 aromatic carbocycles. The van der Waals surface area contributed by atoms with Crippen molar-refractivity contribution in [3.63, 3.8) is 0 Å². The molecule has 2 rings (SSSR count). The van der Waals surface area contributed by atoms with Gasteiger partial charge in [-0.25, -0.2) is 10.1 Å². The fourth-order valence-corrected chi connectivity index (χ4v) is 2.66. The average molecular weight is 389 g/mol. The second-order valence-corrected chi connectivity index (χ2v) is 5.88. The summed E-state index contributed by atoms with van der Waals surface area (Å²) in [4.78, 5) is 21.7. The molecule has 126 valence electrons. The van der Waals surface area contributed by atoms with Gasteiger partial charge in [0.05, 0.1) is 24.0 Å². The van der Waals surface area contributed by atoms with Gasteiger partial charge >= 0.3 is 11.8 Å². The van der Waals surface area contributed by atoms with E-state index < -0.39 is 11.8 Å². The van der Waals surface area contributed by atoms with Crippen LogP contribution in [0.3, 0.4) is 0 Å². The molecule has 0 atom stereocenters. The smallest absolute Gasteiger partial charge is 0.329 e. The number of nitrogens with one attached hydrogen (secondary N) is 1. The zero-order chi connectivity index (χ0) is 17.9. The van der Waals surface area contributed by atoms with Crippen molar-refractivity contribution < 1.29 is 9.59 Å². The van der Waals surface area contributed by atoms with Gasteiger partial charge in [-0.05, 0) is 19.1 Å². The van der Waals surface area contributed by atoms with Crippen LogP contribution < -0.4 is 11.2 Å². The van der Waals surface area contributed by atoms with Gasteiger partial charge < -0.3 is 5.73 Å². The number of hydrogen-bond donors (Lipinski definition) is 2. The predicted octanol–water partition coefficient (Wildman–Crippen LogP) is 2.14. The Labute approximate surface area is 152 Å². The lowest BCUT2D eigenvalue weighted by atomic mass is 10.2. The SMILES string of the molecule is Cc1nn(Cc2c(Cl)cccc2Cl)c(Cl)c1/C=N\NC(=O)C(N)=O. The second kappa shape index (κ2) is 7.65. The number of aryl methyl sites for hydroxylation is 1. The van der Waals surface area contributed by atoms with Crippen LogP contribution >= 0.6 is 34.8 Å². The molecule has 2 amide bonds. The summed E-state index contributed by atoms with van der Waals surface area (Å²) in [5, 5.41) is 9.19. The number of carbonyl (C=O) groups excluding carboxylic acids is 2. The van der Waals surface area contributed by atoms with Gasteiger partial charge in [0.15, 0.2) is 0 Å². The summed E-state index contributed by atoms with van der Waals surface area (Å²) in [5.41, 5.74) is 8.50. The number of hydrogen-bond acceptors (Lipinski definition) is 4. The molecule has 0 saturated carbocycles. The highest BCUT2D eigenvalue weighted by atomic mass is 35.5. The van der Waals surface area contributed by atoms with Gasteiger partial charge in [-0.15, -0.1) is 0 Å². The fourth-order valence-electron chi connectivity index (χ4n) is 1.86. The van der Waals surface area contributed by atoms with Crippen LogP contribution in [-0.2, 0) is 16.1 Å². The Balaban J connectivity index is 2.24. The van der Waals surface area contributed by atoms with Gasteiger partial charge in [0.25, 0.3) is 0 Å². The molecule has 3 N–H and O–H groups in total. The summed E-state index contributed by atoms with van der Waals surface area (Å²) in [6, 6.07) is 5.17. The van der Waals surface area contributed by atoms with E-state index in [1.165, 1.54) is 10.9 Å². The van der Waals surface area contributed by atoms with E-state index in [1.54, 1.807) is 25.1 Å². The van der Waals surface area contributed by atoms with E-state index >= 15 is 0 Å². The lowest BCUT2D eigenvalue weighted by Crippen LogP contribution is -2.32. The molecule has 0 aliphatic rings. The number of benzene rings is 1. The monoisotopic (exact) mass is 387 g/mol. The van der Waals surface area contributed by atoms with Crippen molar-refractivity contribution in [2.75, 3.05) is 0 Å².